The summed E-state index contributed by atoms with van der Waals surface area (Å²) < 4.78 is 27.1. The lowest BCUT2D eigenvalue weighted by Crippen LogP contribution is -2.14. The minimum atomic E-state index is -3.80. The maximum Gasteiger partial charge on any atom is 0.335 e. The van der Waals surface area contributed by atoms with Crippen LogP contribution in [0.4, 0.5) is 0 Å². The molecular weight excluding hydrogens is 338 g/mol. The second-order valence-corrected chi connectivity index (χ2v) is 8.78. The smallest absolute Gasteiger partial charge is 0.335 e. The van der Waals surface area contributed by atoms with Gasteiger partial charge in [0.05, 0.1) is 16.0 Å². The van der Waals surface area contributed by atoms with Gasteiger partial charge in [-0.2, -0.15) is 0 Å². The van der Waals surface area contributed by atoms with Crippen LogP contribution in [0.2, 0.25) is 0 Å². The van der Waals surface area contributed by atoms with Crippen molar-refractivity contribution in [2.24, 2.45) is 0 Å². The molecule has 1 aromatic heterocycles. The summed E-state index contributed by atoms with van der Waals surface area (Å²) in [6.45, 7) is 6.18. The molecule has 0 fully saturated rings. The molecule has 1 heterocycles. The molecule has 0 bridgehead atoms. The van der Waals surface area contributed by atoms with Crippen molar-refractivity contribution in [1.82, 2.24) is 3.97 Å². The fraction of sp³-hybridized carbons (Fsp3) is 0.211. The number of aromatic carboxylic acids is 1. The highest BCUT2D eigenvalue weighted by Gasteiger charge is 2.21. The van der Waals surface area contributed by atoms with Crippen LogP contribution in [-0.4, -0.2) is 23.5 Å². The predicted octanol–water partition coefficient (Wildman–Crippen LogP) is 3.87. The van der Waals surface area contributed by atoms with Crippen LogP contribution < -0.4 is 0 Å². The molecule has 3 rings (SSSR count). The first-order chi connectivity index (χ1) is 11.6. The second kappa shape index (κ2) is 5.74. The van der Waals surface area contributed by atoms with Crippen LogP contribution in [0.15, 0.2) is 59.6 Å². The van der Waals surface area contributed by atoms with Crippen molar-refractivity contribution in [3.63, 3.8) is 0 Å². The zero-order chi connectivity index (χ0) is 18.4. The Balaban J connectivity index is 2.13. The summed E-state index contributed by atoms with van der Waals surface area (Å²) in [5.41, 5.74) is 1.36. The molecule has 3 aromatic rings. The summed E-state index contributed by atoms with van der Waals surface area (Å²) in [6, 6.07) is 12.9. The van der Waals surface area contributed by atoms with Crippen LogP contribution in [0.5, 0.6) is 0 Å². The Hall–Kier alpha value is -2.60. The van der Waals surface area contributed by atoms with Gasteiger partial charge < -0.3 is 5.11 Å². The maximum absolute atomic E-state index is 13.0. The second-order valence-electron chi connectivity index (χ2n) is 6.97. The topological polar surface area (TPSA) is 76.4 Å². The fourth-order valence-corrected chi connectivity index (χ4v) is 4.03. The van der Waals surface area contributed by atoms with Crippen molar-refractivity contribution in [1.29, 1.82) is 0 Å². The largest absolute Gasteiger partial charge is 0.478 e. The summed E-state index contributed by atoms with van der Waals surface area (Å²) in [5.74, 6) is -1.10. The molecule has 0 aliphatic heterocycles. The van der Waals surface area contributed by atoms with Gasteiger partial charge in [-0.15, -0.1) is 0 Å². The highest BCUT2D eigenvalue weighted by molar-refractivity contribution is 7.90. The quantitative estimate of drug-likeness (QED) is 0.772. The zero-order valence-corrected chi connectivity index (χ0v) is 15.0. The highest BCUT2D eigenvalue weighted by atomic mass is 32.2. The number of carbonyl (C=O) groups is 1. The van der Waals surface area contributed by atoms with E-state index in [0.717, 1.165) is 9.54 Å². The summed E-state index contributed by atoms with van der Waals surface area (Å²) in [5, 5.41) is 9.81. The molecule has 0 unspecified atom stereocenters. The van der Waals surface area contributed by atoms with Gasteiger partial charge in [-0.05, 0) is 41.3 Å². The van der Waals surface area contributed by atoms with Gasteiger partial charge in [-0.1, -0.05) is 39.0 Å². The molecular formula is C19H19NO4S. The lowest BCUT2D eigenvalue weighted by atomic mass is 9.87. The molecule has 0 saturated heterocycles. The monoisotopic (exact) mass is 357 g/mol. The number of nitrogens with zero attached hydrogens (tertiary/aromatic N) is 1. The summed E-state index contributed by atoms with van der Waals surface area (Å²) in [7, 11) is -3.80. The summed E-state index contributed by atoms with van der Waals surface area (Å²) >= 11 is 0. The van der Waals surface area contributed by atoms with Crippen LogP contribution in [0, 0.1) is 0 Å². The van der Waals surface area contributed by atoms with Crippen molar-refractivity contribution < 1.29 is 18.3 Å². The van der Waals surface area contributed by atoms with Gasteiger partial charge in [0, 0.05) is 11.6 Å². The third kappa shape index (κ3) is 3.05. The molecule has 0 atom stereocenters. The Bertz CT molecular complexity index is 1050. The first-order valence-corrected chi connectivity index (χ1v) is 9.25. The molecule has 130 valence electrons. The van der Waals surface area contributed by atoms with E-state index in [9.17, 15) is 13.2 Å². The zero-order valence-electron chi connectivity index (χ0n) is 14.2. The van der Waals surface area contributed by atoms with Crippen LogP contribution in [-0.2, 0) is 15.4 Å². The van der Waals surface area contributed by atoms with Crippen molar-refractivity contribution >= 4 is 26.9 Å². The van der Waals surface area contributed by atoms with Gasteiger partial charge in [0.15, 0.2) is 0 Å². The van der Waals surface area contributed by atoms with E-state index in [0.29, 0.717) is 10.9 Å². The molecule has 0 amide bonds. The predicted molar refractivity (Wildman–Crippen MR) is 96.6 cm³/mol. The van der Waals surface area contributed by atoms with Gasteiger partial charge in [0.2, 0.25) is 0 Å². The van der Waals surface area contributed by atoms with Gasteiger partial charge >= 0.3 is 5.97 Å². The lowest BCUT2D eigenvalue weighted by molar-refractivity contribution is 0.0697. The van der Waals surface area contributed by atoms with Gasteiger partial charge in [0.25, 0.3) is 10.0 Å². The number of hydrogen-bond donors (Lipinski definition) is 1. The number of benzene rings is 2. The van der Waals surface area contributed by atoms with Crippen molar-refractivity contribution in [2.75, 3.05) is 0 Å². The Morgan fingerprint density at radius 2 is 1.64 bits per heavy atom. The van der Waals surface area contributed by atoms with E-state index in [1.165, 1.54) is 18.3 Å². The molecule has 0 saturated carbocycles. The molecule has 1 N–H and O–H groups in total. The fourth-order valence-electron chi connectivity index (χ4n) is 2.69. The number of rotatable bonds is 3. The molecule has 0 spiro atoms. The molecule has 0 aliphatic rings. The maximum atomic E-state index is 13.0. The normalized spacial score (nSPS) is 12.4. The third-order valence-electron chi connectivity index (χ3n) is 4.18. The SMILES string of the molecule is CC(C)(C)c1ccc(S(=O)(=O)n2ccc3ccc(C(=O)O)cc32)cc1. The number of carboxylic acid groups (broad SMARTS) is 1. The molecule has 0 radical (unpaired) electrons. The van der Waals surface area contributed by atoms with Gasteiger partial charge in [-0.25, -0.2) is 17.2 Å². The van der Waals surface area contributed by atoms with E-state index in [4.69, 9.17) is 5.11 Å². The Kier molecular flexibility index (Phi) is 3.95. The first-order valence-electron chi connectivity index (χ1n) is 7.81. The molecule has 2 aromatic carbocycles. The summed E-state index contributed by atoms with van der Waals surface area (Å²) in [4.78, 5) is 11.3. The average Bonchev–Trinajstić information content (AvgIpc) is 2.97. The third-order valence-corrected chi connectivity index (χ3v) is 5.89. The minimum absolute atomic E-state index is 0.0470. The number of hydrogen-bond acceptors (Lipinski definition) is 3. The molecule has 5 nitrogen and oxygen atoms in total. The average molecular weight is 357 g/mol. The van der Waals surface area contributed by atoms with E-state index in [2.05, 4.69) is 20.8 Å². The Morgan fingerprint density at radius 1 is 1.00 bits per heavy atom. The Morgan fingerprint density at radius 3 is 2.20 bits per heavy atom. The lowest BCUT2D eigenvalue weighted by Gasteiger charge is -2.19. The number of aromatic nitrogens is 1. The van der Waals surface area contributed by atoms with E-state index < -0.39 is 16.0 Å². The molecule has 25 heavy (non-hydrogen) atoms. The van der Waals surface area contributed by atoms with Crippen molar-refractivity contribution in [3.8, 4) is 0 Å². The highest BCUT2D eigenvalue weighted by Crippen LogP contribution is 2.26. The van der Waals surface area contributed by atoms with Crippen LogP contribution >= 0.6 is 0 Å². The van der Waals surface area contributed by atoms with Crippen LogP contribution in [0.25, 0.3) is 10.9 Å². The van der Waals surface area contributed by atoms with Gasteiger partial charge in [-0.3, -0.25) is 0 Å². The number of carboxylic acids is 1. The van der Waals surface area contributed by atoms with E-state index in [-0.39, 0.29) is 15.9 Å². The molecule has 6 heteroatoms. The van der Waals surface area contributed by atoms with Gasteiger partial charge in [0.1, 0.15) is 0 Å². The van der Waals surface area contributed by atoms with E-state index in [1.54, 1.807) is 36.4 Å². The van der Waals surface area contributed by atoms with Crippen molar-refractivity contribution in [3.05, 3.63) is 65.9 Å². The standard InChI is InChI=1S/C19H19NO4S/c1-19(2,3)15-6-8-16(9-7-15)25(23,24)20-11-10-13-4-5-14(18(21)22)12-17(13)20/h4-12H,1-3H3,(H,21,22). The minimum Gasteiger partial charge on any atom is -0.478 e. The Labute approximate surface area is 146 Å². The van der Waals surface area contributed by atoms with E-state index in [1.807, 2.05) is 0 Å². The van der Waals surface area contributed by atoms with Crippen LogP contribution in [0.1, 0.15) is 36.7 Å². The number of fused-ring (bicyclic) bond motifs is 1. The van der Waals surface area contributed by atoms with Crippen molar-refractivity contribution in [2.45, 2.75) is 31.1 Å². The van der Waals surface area contributed by atoms with Crippen LogP contribution in [0.3, 0.4) is 0 Å². The first kappa shape index (κ1) is 17.2. The summed E-state index contributed by atoms with van der Waals surface area (Å²) in [6.07, 6.45) is 1.45. The molecule has 0 aliphatic carbocycles. The van der Waals surface area contributed by atoms with E-state index >= 15 is 0 Å².